The van der Waals surface area contributed by atoms with Crippen LogP contribution < -0.4 is 10.1 Å². The van der Waals surface area contributed by atoms with Crippen molar-refractivity contribution in [3.05, 3.63) is 28.3 Å². The number of nitrogens with two attached hydrogens (primary N) is 1. The third kappa shape index (κ3) is 6.57. The van der Waals surface area contributed by atoms with Gasteiger partial charge in [0.1, 0.15) is 12.4 Å². The molecular formula is C15H25ClNO3+. The lowest BCUT2D eigenvalue weighted by atomic mass is 10.1. The van der Waals surface area contributed by atoms with Crippen LogP contribution in [0.5, 0.6) is 5.75 Å². The van der Waals surface area contributed by atoms with Gasteiger partial charge in [-0.05, 0) is 31.0 Å². The zero-order valence-corrected chi connectivity index (χ0v) is 13.3. The maximum Gasteiger partial charge on any atom is 0.140 e. The molecule has 0 aromatic heterocycles. The maximum absolute atomic E-state index is 6.16. The van der Waals surface area contributed by atoms with Crippen LogP contribution >= 0.6 is 11.6 Å². The van der Waals surface area contributed by atoms with Crippen molar-refractivity contribution in [1.29, 1.82) is 0 Å². The second-order valence-electron chi connectivity index (χ2n) is 4.71. The molecule has 0 spiro atoms. The van der Waals surface area contributed by atoms with Crippen LogP contribution in [0.2, 0.25) is 5.02 Å². The predicted molar refractivity (Wildman–Crippen MR) is 80.8 cm³/mol. The van der Waals surface area contributed by atoms with Gasteiger partial charge in [0, 0.05) is 7.11 Å². The lowest BCUT2D eigenvalue weighted by Gasteiger charge is -2.12. The molecule has 4 nitrogen and oxygen atoms in total. The van der Waals surface area contributed by atoms with Crippen LogP contribution in [0.1, 0.15) is 11.1 Å². The molecule has 0 aliphatic carbocycles. The smallest absolute Gasteiger partial charge is 0.140 e. The lowest BCUT2D eigenvalue weighted by molar-refractivity contribution is -0.657. The highest BCUT2D eigenvalue weighted by molar-refractivity contribution is 6.32. The highest BCUT2D eigenvalue weighted by Crippen LogP contribution is 2.29. The maximum atomic E-state index is 6.16. The standard InChI is InChI=1S/C15H24ClNO3/c1-12-10-13(2)15(14(16)11-12)20-9-8-19-7-5-17-4-6-18-3/h10-11,17H,4-9H2,1-3H3/p+1. The minimum Gasteiger partial charge on any atom is -0.489 e. The first-order valence-corrected chi connectivity index (χ1v) is 7.31. The molecule has 1 aromatic carbocycles. The molecule has 0 heterocycles. The number of methoxy groups -OCH3 is 1. The Balaban J connectivity index is 2.13. The SMILES string of the molecule is COCC[NH2+]CCOCCOc1c(C)cc(C)cc1Cl. The average Bonchev–Trinajstić information content (AvgIpc) is 2.39. The summed E-state index contributed by atoms with van der Waals surface area (Å²) in [4.78, 5) is 0. The van der Waals surface area contributed by atoms with Crippen molar-refractivity contribution in [3.63, 3.8) is 0 Å². The molecule has 0 atom stereocenters. The van der Waals surface area contributed by atoms with Crippen molar-refractivity contribution in [3.8, 4) is 5.75 Å². The Kier molecular flexibility index (Phi) is 8.62. The van der Waals surface area contributed by atoms with Gasteiger partial charge in [0.15, 0.2) is 0 Å². The summed E-state index contributed by atoms with van der Waals surface area (Å²) >= 11 is 6.16. The van der Waals surface area contributed by atoms with Crippen molar-refractivity contribution in [2.45, 2.75) is 13.8 Å². The van der Waals surface area contributed by atoms with Crippen molar-refractivity contribution in [2.75, 3.05) is 46.6 Å². The van der Waals surface area contributed by atoms with E-state index < -0.39 is 0 Å². The Labute approximate surface area is 126 Å². The van der Waals surface area contributed by atoms with Crippen LogP contribution in [0.4, 0.5) is 0 Å². The summed E-state index contributed by atoms with van der Waals surface area (Å²) in [6.45, 7) is 8.50. The summed E-state index contributed by atoms with van der Waals surface area (Å²) in [5.74, 6) is 0.757. The highest BCUT2D eigenvalue weighted by Gasteiger charge is 2.06. The van der Waals surface area contributed by atoms with Crippen molar-refractivity contribution in [2.24, 2.45) is 0 Å². The second-order valence-corrected chi connectivity index (χ2v) is 5.12. The quantitative estimate of drug-likeness (QED) is 0.667. The van der Waals surface area contributed by atoms with Crippen molar-refractivity contribution >= 4 is 11.6 Å². The van der Waals surface area contributed by atoms with Gasteiger partial charge in [-0.3, -0.25) is 0 Å². The minimum atomic E-state index is 0.516. The fourth-order valence-electron chi connectivity index (χ4n) is 1.90. The van der Waals surface area contributed by atoms with E-state index in [9.17, 15) is 0 Å². The van der Waals surface area contributed by atoms with Crippen molar-refractivity contribution < 1.29 is 19.5 Å². The molecule has 114 valence electrons. The minimum absolute atomic E-state index is 0.516. The van der Waals surface area contributed by atoms with E-state index in [-0.39, 0.29) is 0 Å². The number of benzene rings is 1. The molecule has 5 heteroatoms. The van der Waals surface area contributed by atoms with Gasteiger partial charge in [-0.2, -0.15) is 0 Å². The zero-order valence-electron chi connectivity index (χ0n) is 12.6. The highest BCUT2D eigenvalue weighted by atomic mass is 35.5. The molecule has 0 saturated heterocycles. The Bertz CT molecular complexity index is 376. The molecule has 0 unspecified atom stereocenters. The number of aryl methyl sites for hydroxylation is 2. The number of ether oxygens (including phenoxy) is 3. The normalized spacial score (nSPS) is 10.8. The van der Waals surface area contributed by atoms with E-state index in [4.69, 9.17) is 25.8 Å². The molecule has 0 radical (unpaired) electrons. The fraction of sp³-hybridized carbons (Fsp3) is 0.600. The first-order valence-electron chi connectivity index (χ1n) is 6.93. The number of hydrogen-bond donors (Lipinski definition) is 1. The lowest BCUT2D eigenvalue weighted by Crippen LogP contribution is -2.86. The summed E-state index contributed by atoms with van der Waals surface area (Å²) in [5.41, 5.74) is 2.20. The zero-order chi connectivity index (χ0) is 14.8. The van der Waals surface area contributed by atoms with Gasteiger partial charge in [0.05, 0.1) is 37.9 Å². The van der Waals surface area contributed by atoms with Crippen LogP contribution in [-0.4, -0.2) is 46.6 Å². The second kappa shape index (κ2) is 10.00. The van der Waals surface area contributed by atoms with E-state index >= 15 is 0 Å². The molecule has 0 saturated carbocycles. The summed E-state index contributed by atoms with van der Waals surface area (Å²) in [5, 5.41) is 2.83. The summed E-state index contributed by atoms with van der Waals surface area (Å²) in [6.07, 6.45) is 0. The first-order chi connectivity index (χ1) is 9.65. The van der Waals surface area contributed by atoms with Gasteiger partial charge in [-0.1, -0.05) is 17.7 Å². The van der Waals surface area contributed by atoms with Crippen LogP contribution in [0.25, 0.3) is 0 Å². The van der Waals surface area contributed by atoms with Gasteiger partial charge in [0.2, 0.25) is 0 Å². The van der Waals surface area contributed by atoms with Gasteiger partial charge in [-0.25, -0.2) is 0 Å². The van der Waals surface area contributed by atoms with E-state index in [1.807, 2.05) is 19.9 Å². The Morgan fingerprint density at radius 1 is 1.05 bits per heavy atom. The fourth-order valence-corrected chi connectivity index (χ4v) is 2.28. The molecule has 0 fully saturated rings. The number of rotatable bonds is 10. The third-order valence-electron chi connectivity index (χ3n) is 2.84. The third-order valence-corrected chi connectivity index (χ3v) is 3.12. The summed E-state index contributed by atoms with van der Waals surface area (Å²) in [6, 6.07) is 3.97. The molecule has 20 heavy (non-hydrogen) atoms. The number of halogens is 1. The summed E-state index contributed by atoms with van der Waals surface area (Å²) < 4.78 is 16.1. The molecular weight excluding hydrogens is 278 g/mol. The average molecular weight is 303 g/mol. The largest absolute Gasteiger partial charge is 0.489 e. The summed E-state index contributed by atoms with van der Waals surface area (Å²) in [7, 11) is 1.71. The van der Waals surface area contributed by atoms with Crippen LogP contribution in [0.3, 0.4) is 0 Å². The van der Waals surface area contributed by atoms with Gasteiger partial charge >= 0.3 is 0 Å². The van der Waals surface area contributed by atoms with Gasteiger partial charge in [-0.15, -0.1) is 0 Å². The number of hydrogen-bond acceptors (Lipinski definition) is 3. The first kappa shape index (κ1) is 17.2. The monoisotopic (exact) mass is 302 g/mol. The van der Waals surface area contributed by atoms with E-state index in [0.29, 0.717) is 24.8 Å². The van der Waals surface area contributed by atoms with Crippen LogP contribution in [0.15, 0.2) is 12.1 Å². The topological polar surface area (TPSA) is 44.3 Å². The molecule has 0 amide bonds. The molecule has 0 aliphatic rings. The van der Waals surface area contributed by atoms with Gasteiger partial charge < -0.3 is 19.5 Å². The predicted octanol–water partition coefficient (Wildman–Crippen LogP) is 1.56. The molecule has 2 N–H and O–H groups in total. The number of quaternary nitrogens is 1. The molecule has 0 aliphatic heterocycles. The molecule has 1 rings (SSSR count). The van der Waals surface area contributed by atoms with Crippen LogP contribution in [-0.2, 0) is 9.47 Å². The van der Waals surface area contributed by atoms with E-state index in [2.05, 4.69) is 11.4 Å². The Morgan fingerprint density at radius 3 is 2.50 bits per heavy atom. The van der Waals surface area contributed by atoms with Gasteiger partial charge in [0.25, 0.3) is 0 Å². The van der Waals surface area contributed by atoms with Crippen LogP contribution in [0, 0.1) is 13.8 Å². The van der Waals surface area contributed by atoms with E-state index in [1.165, 1.54) is 0 Å². The molecule has 0 bridgehead atoms. The van der Waals surface area contributed by atoms with E-state index in [0.717, 1.165) is 36.6 Å². The van der Waals surface area contributed by atoms with Crippen molar-refractivity contribution in [1.82, 2.24) is 0 Å². The Hall–Kier alpha value is -0.810. The Morgan fingerprint density at radius 2 is 1.80 bits per heavy atom. The van der Waals surface area contributed by atoms with E-state index in [1.54, 1.807) is 7.11 Å². The molecule has 1 aromatic rings.